The van der Waals surface area contributed by atoms with Crippen molar-refractivity contribution in [2.75, 3.05) is 11.5 Å². The summed E-state index contributed by atoms with van der Waals surface area (Å²) in [4.78, 5) is 4.33. The molecule has 0 radical (unpaired) electrons. The molecule has 0 saturated carbocycles. The van der Waals surface area contributed by atoms with Crippen LogP contribution in [0.2, 0.25) is 0 Å². The second kappa shape index (κ2) is 3.82. The Balaban J connectivity index is 1.77. The van der Waals surface area contributed by atoms with Gasteiger partial charge in [0, 0.05) is 0 Å². The van der Waals surface area contributed by atoms with E-state index in [1.807, 2.05) is 35.6 Å². The monoisotopic (exact) mass is 253 g/mol. The van der Waals surface area contributed by atoms with Crippen LogP contribution in [-0.4, -0.2) is 38.1 Å². The number of nitrogens with zero attached hydrogens (tertiary/aromatic N) is 1. The first-order valence-corrected chi connectivity index (χ1v) is 7.30. The maximum atomic E-state index is 11.4. The minimum atomic E-state index is -2.91. The summed E-state index contributed by atoms with van der Waals surface area (Å²) in [5, 5.41) is 1.82. The maximum absolute atomic E-state index is 11.4. The molecular formula is C11H13N2O3S+. The fourth-order valence-corrected chi connectivity index (χ4v) is 4.04. The first-order chi connectivity index (χ1) is 8.12. The first kappa shape index (κ1) is 10.7. The average Bonchev–Trinajstić information content (AvgIpc) is 2.72. The lowest BCUT2D eigenvalue weighted by Crippen LogP contribution is -2.91. The van der Waals surface area contributed by atoms with Crippen LogP contribution in [0.25, 0.3) is 0 Å². The number of para-hydroxylation sites is 1. The molecule has 2 aliphatic heterocycles. The summed E-state index contributed by atoms with van der Waals surface area (Å²) in [6.45, 7) is 0. The molecule has 0 spiro atoms. The normalized spacial score (nSPS) is 32.4. The molecule has 0 amide bonds. The fraction of sp³-hybridized carbons (Fsp3) is 0.364. The van der Waals surface area contributed by atoms with Gasteiger partial charge in [-0.2, -0.15) is 4.99 Å². The quantitative estimate of drug-likeness (QED) is 0.728. The Bertz CT molecular complexity index is 531. The molecule has 6 heteroatoms. The van der Waals surface area contributed by atoms with Crippen molar-refractivity contribution in [3.05, 3.63) is 30.3 Å². The molecule has 0 bridgehead atoms. The molecule has 2 heterocycles. The zero-order valence-corrected chi connectivity index (χ0v) is 9.93. The van der Waals surface area contributed by atoms with Gasteiger partial charge in [-0.05, 0) is 12.1 Å². The van der Waals surface area contributed by atoms with Crippen molar-refractivity contribution in [2.24, 2.45) is 4.99 Å². The van der Waals surface area contributed by atoms with E-state index in [1.54, 1.807) is 0 Å². The molecular weight excluding hydrogens is 240 g/mol. The van der Waals surface area contributed by atoms with Gasteiger partial charge in [-0.15, -0.1) is 0 Å². The molecule has 90 valence electrons. The van der Waals surface area contributed by atoms with Crippen molar-refractivity contribution in [3.63, 3.8) is 0 Å². The van der Waals surface area contributed by atoms with Crippen LogP contribution in [0.5, 0.6) is 0 Å². The average molecular weight is 253 g/mol. The summed E-state index contributed by atoms with van der Waals surface area (Å²) >= 11 is 0. The summed E-state index contributed by atoms with van der Waals surface area (Å²) < 4.78 is 28.3. The summed E-state index contributed by atoms with van der Waals surface area (Å²) in [5.74, 6) is 0.299. The van der Waals surface area contributed by atoms with Crippen molar-refractivity contribution in [3.8, 4) is 0 Å². The lowest BCUT2D eigenvalue weighted by molar-refractivity contribution is -0.565. The van der Waals surface area contributed by atoms with Gasteiger partial charge in [0.15, 0.2) is 15.9 Å². The molecule has 2 saturated heterocycles. The van der Waals surface area contributed by atoms with Crippen LogP contribution in [-0.2, 0) is 14.6 Å². The van der Waals surface area contributed by atoms with Gasteiger partial charge in [0.05, 0.1) is 11.4 Å². The molecule has 1 aromatic carbocycles. The lowest BCUT2D eigenvalue weighted by Gasteiger charge is -1.99. The SMILES string of the molecule is O=S1(=O)C[C@@H]2[NH2+]C(=Nc3ccccc3)O[C@H]2C1. The van der Waals surface area contributed by atoms with Gasteiger partial charge in [0.1, 0.15) is 11.8 Å². The number of nitrogens with two attached hydrogens (primary N) is 1. The Kier molecular flexibility index (Phi) is 2.41. The summed E-state index contributed by atoms with van der Waals surface area (Å²) in [6.07, 6.45) is -0.234. The van der Waals surface area contributed by atoms with Crippen molar-refractivity contribution in [2.45, 2.75) is 12.1 Å². The molecule has 0 unspecified atom stereocenters. The number of quaternary nitrogens is 1. The van der Waals surface area contributed by atoms with E-state index in [0.717, 1.165) is 5.69 Å². The second-order valence-electron chi connectivity index (χ2n) is 4.35. The minimum absolute atomic E-state index is 0.0255. The van der Waals surface area contributed by atoms with Gasteiger partial charge in [0.25, 0.3) is 0 Å². The second-order valence-corrected chi connectivity index (χ2v) is 6.50. The van der Waals surface area contributed by atoms with E-state index in [0.29, 0.717) is 6.02 Å². The zero-order chi connectivity index (χ0) is 11.9. The first-order valence-electron chi connectivity index (χ1n) is 5.48. The van der Waals surface area contributed by atoms with E-state index in [1.165, 1.54) is 0 Å². The van der Waals surface area contributed by atoms with Gasteiger partial charge in [0.2, 0.25) is 0 Å². The van der Waals surface area contributed by atoms with Gasteiger partial charge < -0.3 is 4.74 Å². The van der Waals surface area contributed by atoms with Crippen molar-refractivity contribution in [1.82, 2.24) is 0 Å². The Hall–Kier alpha value is -1.40. The molecule has 1 aromatic rings. The minimum Gasteiger partial charge on any atom is -0.426 e. The number of hydrogen-bond acceptors (Lipinski definition) is 4. The number of benzene rings is 1. The summed E-state index contributed by atoms with van der Waals surface area (Å²) in [7, 11) is -2.91. The van der Waals surface area contributed by atoms with Crippen LogP contribution >= 0.6 is 0 Å². The number of sulfone groups is 1. The van der Waals surface area contributed by atoms with E-state index in [9.17, 15) is 8.42 Å². The third kappa shape index (κ3) is 2.18. The van der Waals surface area contributed by atoms with Crippen LogP contribution in [0.3, 0.4) is 0 Å². The van der Waals surface area contributed by atoms with Crippen molar-refractivity contribution >= 4 is 21.5 Å². The molecule has 3 rings (SSSR count). The van der Waals surface area contributed by atoms with Crippen LogP contribution in [0, 0.1) is 0 Å². The number of hydrogen-bond donors (Lipinski definition) is 1. The van der Waals surface area contributed by atoms with Crippen LogP contribution in [0.1, 0.15) is 0 Å². The Morgan fingerprint density at radius 1 is 1.24 bits per heavy atom. The van der Waals surface area contributed by atoms with Crippen LogP contribution < -0.4 is 5.32 Å². The Labute approximate surface area is 99.4 Å². The standard InChI is InChI=1S/C11H12N2O3S/c14-17(15)6-9-10(7-17)16-11(13-9)12-8-4-2-1-3-5-8/h1-5,9-10H,6-7H2,(H,12,13)/p+1/t9-,10-/m0/s1. The van der Waals surface area contributed by atoms with E-state index in [2.05, 4.69) is 4.99 Å². The largest absolute Gasteiger partial charge is 0.426 e. The molecule has 0 aliphatic carbocycles. The molecule has 2 atom stereocenters. The summed E-state index contributed by atoms with van der Waals surface area (Å²) in [6, 6.07) is 10.0. The van der Waals surface area contributed by atoms with Gasteiger partial charge in [-0.1, -0.05) is 18.2 Å². The number of aliphatic imine (C=N–C) groups is 1. The fourth-order valence-electron chi connectivity index (χ4n) is 2.19. The molecule has 2 N–H and O–H groups in total. The molecule has 2 fully saturated rings. The number of amidine groups is 1. The van der Waals surface area contributed by atoms with E-state index < -0.39 is 9.84 Å². The van der Waals surface area contributed by atoms with E-state index in [-0.39, 0.29) is 23.7 Å². The molecule has 5 nitrogen and oxygen atoms in total. The molecule has 17 heavy (non-hydrogen) atoms. The topological polar surface area (TPSA) is 72.3 Å². The van der Waals surface area contributed by atoms with Crippen molar-refractivity contribution in [1.29, 1.82) is 0 Å². The van der Waals surface area contributed by atoms with E-state index in [4.69, 9.17) is 4.74 Å². The lowest BCUT2D eigenvalue weighted by atomic mass is 10.2. The predicted molar refractivity (Wildman–Crippen MR) is 62.8 cm³/mol. The Morgan fingerprint density at radius 2 is 2.00 bits per heavy atom. The third-order valence-electron chi connectivity index (χ3n) is 2.97. The van der Waals surface area contributed by atoms with Gasteiger partial charge in [-0.25, -0.2) is 8.42 Å². The smallest absolute Gasteiger partial charge is 0.396 e. The Morgan fingerprint density at radius 3 is 2.71 bits per heavy atom. The summed E-state index contributed by atoms with van der Waals surface area (Å²) in [5.41, 5.74) is 0.821. The van der Waals surface area contributed by atoms with Gasteiger partial charge >= 0.3 is 6.02 Å². The third-order valence-corrected chi connectivity index (χ3v) is 4.70. The van der Waals surface area contributed by atoms with Crippen LogP contribution in [0.4, 0.5) is 5.69 Å². The number of fused-ring (bicyclic) bond motifs is 1. The number of ether oxygens (including phenoxy) is 1. The van der Waals surface area contributed by atoms with Gasteiger partial charge in [-0.3, -0.25) is 5.32 Å². The highest BCUT2D eigenvalue weighted by Crippen LogP contribution is 2.18. The highest BCUT2D eigenvalue weighted by molar-refractivity contribution is 7.91. The zero-order valence-electron chi connectivity index (χ0n) is 9.11. The highest BCUT2D eigenvalue weighted by atomic mass is 32.2. The highest BCUT2D eigenvalue weighted by Gasteiger charge is 2.48. The van der Waals surface area contributed by atoms with E-state index >= 15 is 0 Å². The molecule has 0 aromatic heterocycles. The van der Waals surface area contributed by atoms with Crippen molar-refractivity contribution < 1.29 is 18.5 Å². The molecule has 2 aliphatic rings. The maximum Gasteiger partial charge on any atom is 0.396 e. The predicted octanol–water partition coefficient (Wildman–Crippen LogP) is -0.567. The number of rotatable bonds is 1. The van der Waals surface area contributed by atoms with Crippen LogP contribution in [0.15, 0.2) is 35.3 Å².